The normalized spacial score (nSPS) is 11.0. The number of alkyl carbamates (subject to hydrolysis) is 1. The van der Waals surface area contributed by atoms with Crippen LogP contribution < -0.4 is 10.6 Å². The lowest BCUT2D eigenvalue weighted by Gasteiger charge is -2.19. The number of carbonyl (C=O) groups is 2. The second-order valence-corrected chi connectivity index (χ2v) is 5.19. The monoisotopic (exact) mass is 284 g/mol. The number of amides is 2. The zero-order valence-electron chi connectivity index (χ0n) is 12.1. The summed E-state index contributed by atoms with van der Waals surface area (Å²) >= 11 is 0. The van der Waals surface area contributed by atoms with Gasteiger partial charge in [0.05, 0.1) is 6.54 Å². The van der Waals surface area contributed by atoms with Crippen molar-refractivity contribution >= 4 is 12.0 Å². The van der Waals surface area contributed by atoms with Crippen LogP contribution in [0.1, 0.15) is 32.5 Å². The van der Waals surface area contributed by atoms with Crippen molar-refractivity contribution < 1.29 is 18.8 Å². The highest BCUT2D eigenvalue weighted by Crippen LogP contribution is 2.05. The highest BCUT2D eigenvalue weighted by atomic mass is 16.6. The molecule has 0 aliphatic rings. The van der Waals surface area contributed by atoms with Gasteiger partial charge in [0.15, 0.2) is 5.82 Å². The summed E-state index contributed by atoms with van der Waals surface area (Å²) in [7, 11) is 0. The van der Waals surface area contributed by atoms with E-state index in [0.29, 0.717) is 24.7 Å². The van der Waals surface area contributed by atoms with E-state index in [4.69, 9.17) is 9.26 Å². The molecular formula is C12H20N4O4. The van der Waals surface area contributed by atoms with Gasteiger partial charge in [-0.3, -0.25) is 4.79 Å². The van der Waals surface area contributed by atoms with E-state index in [0.717, 1.165) is 0 Å². The maximum Gasteiger partial charge on any atom is 0.408 e. The van der Waals surface area contributed by atoms with E-state index in [2.05, 4.69) is 20.8 Å². The van der Waals surface area contributed by atoms with Crippen LogP contribution in [0.5, 0.6) is 0 Å². The second kappa shape index (κ2) is 6.88. The Morgan fingerprint density at radius 1 is 1.30 bits per heavy atom. The molecule has 0 aliphatic carbocycles. The van der Waals surface area contributed by atoms with Gasteiger partial charge in [0.2, 0.25) is 11.8 Å². The van der Waals surface area contributed by atoms with Gasteiger partial charge in [0.25, 0.3) is 0 Å². The van der Waals surface area contributed by atoms with Crippen LogP contribution in [0, 0.1) is 6.92 Å². The van der Waals surface area contributed by atoms with E-state index >= 15 is 0 Å². The molecule has 8 nitrogen and oxygen atoms in total. The molecule has 8 heteroatoms. The molecule has 0 aliphatic heterocycles. The van der Waals surface area contributed by atoms with Gasteiger partial charge in [0.1, 0.15) is 5.60 Å². The quantitative estimate of drug-likeness (QED) is 0.818. The third-order valence-electron chi connectivity index (χ3n) is 2.02. The molecule has 20 heavy (non-hydrogen) atoms. The lowest BCUT2D eigenvalue weighted by molar-refractivity contribution is -0.120. The van der Waals surface area contributed by atoms with Gasteiger partial charge in [-0.1, -0.05) is 5.16 Å². The number of rotatable bonds is 5. The first kappa shape index (κ1) is 15.9. The summed E-state index contributed by atoms with van der Waals surface area (Å²) in [6, 6.07) is 0. The summed E-state index contributed by atoms with van der Waals surface area (Å²) in [5, 5.41) is 8.62. The number of aryl methyl sites for hydroxylation is 1. The van der Waals surface area contributed by atoms with E-state index in [1.807, 2.05) is 0 Å². The topological polar surface area (TPSA) is 106 Å². The van der Waals surface area contributed by atoms with E-state index in [1.54, 1.807) is 27.7 Å². The first-order chi connectivity index (χ1) is 9.26. The van der Waals surface area contributed by atoms with Crippen LogP contribution in [0.25, 0.3) is 0 Å². The summed E-state index contributed by atoms with van der Waals surface area (Å²) in [5.74, 6) is 0.702. The molecule has 0 saturated heterocycles. The molecule has 0 spiro atoms. The van der Waals surface area contributed by atoms with E-state index in [-0.39, 0.29) is 12.5 Å². The number of nitrogens with one attached hydrogen (secondary N) is 2. The van der Waals surface area contributed by atoms with Crippen LogP contribution >= 0.6 is 0 Å². The standard InChI is InChI=1S/C12H20N4O4/c1-8-15-10(20-16-8)5-6-13-9(17)7-14-11(18)19-12(2,3)4/h5-7H2,1-4H3,(H,13,17)(H,14,18). The average Bonchev–Trinajstić information content (AvgIpc) is 2.70. The van der Waals surface area contributed by atoms with Gasteiger partial charge in [-0.25, -0.2) is 4.79 Å². The minimum Gasteiger partial charge on any atom is -0.444 e. The second-order valence-electron chi connectivity index (χ2n) is 5.19. The Morgan fingerprint density at radius 3 is 2.55 bits per heavy atom. The fourth-order valence-corrected chi connectivity index (χ4v) is 1.28. The largest absolute Gasteiger partial charge is 0.444 e. The van der Waals surface area contributed by atoms with Crippen LogP contribution in [-0.4, -0.2) is 40.8 Å². The molecule has 1 aromatic rings. The molecule has 112 valence electrons. The van der Waals surface area contributed by atoms with Crippen LogP contribution in [-0.2, 0) is 16.0 Å². The molecule has 0 atom stereocenters. The van der Waals surface area contributed by atoms with Gasteiger partial charge in [-0.15, -0.1) is 0 Å². The van der Waals surface area contributed by atoms with Gasteiger partial charge >= 0.3 is 6.09 Å². The molecule has 0 radical (unpaired) electrons. The highest BCUT2D eigenvalue weighted by Gasteiger charge is 2.16. The number of nitrogens with zero attached hydrogens (tertiary/aromatic N) is 2. The molecule has 0 bridgehead atoms. The van der Waals surface area contributed by atoms with Crippen molar-refractivity contribution in [3.05, 3.63) is 11.7 Å². The third kappa shape index (κ3) is 6.72. The number of hydrogen-bond acceptors (Lipinski definition) is 6. The lowest BCUT2D eigenvalue weighted by Crippen LogP contribution is -2.40. The van der Waals surface area contributed by atoms with Crippen molar-refractivity contribution in [3.8, 4) is 0 Å². The fraction of sp³-hybridized carbons (Fsp3) is 0.667. The summed E-state index contributed by atoms with van der Waals surface area (Å²) < 4.78 is 9.90. The Morgan fingerprint density at radius 2 is 2.00 bits per heavy atom. The van der Waals surface area contributed by atoms with Crippen molar-refractivity contribution in [2.45, 2.75) is 39.7 Å². The smallest absolute Gasteiger partial charge is 0.408 e. The zero-order chi connectivity index (χ0) is 15.2. The third-order valence-corrected chi connectivity index (χ3v) is 2.02. The number of ether oxygens (including phenoxy) is 1. The first-order valence-electron chi connectivity index (χ1n) is 6.29. The maximum absolute atomic E-state index is 11.5. The molecule has 0 aromatic carbocycles. The zero-order valence-corrected chi connectivity index (χ0v) is 12.1. The van der Waals surface area contributed by atoms with E-state index in [9.17, 15) is 9.59 Å². The molecule has 1 aromatic heterocycles. The van der Waals surface area contributed by atoms with Crippen molar-refractivity contribution in [1.82, 2.24) is 20.8 Å². The number of hydrogen-bond donors (Lipinski definition) is 2. The predicted molar refractivity (Wildman–Crippen MR) is 70.0 cm³/mol. The summed E-state index contributed by atoms with van der Waals surface area (Å²) in [6.45, 7) is 7.18. The Balaban J connectivity index is 2.16. The van der Waals surface area contributed by atoms with E-state index < -0.39 is 11.7 Å². The van der Waals surface area contributed by atoms with Crippen LogP contribution in [0.4, 0.5) is 4.79 Å². The van der Waals surface area contributed by atoms with Crippen LogP contribution in [0.3, 0.4) is 0 Å². The summed E-state index contributed by atoms with van der Waals surface area (Å²) in [6.07, 6.45) is -0.181. The van der Waals surface area contributed by atoms with Gasteiger partial charge in [-0.2, -0.15) is 4.98 Å². The lowest BCUT2D eigenvalue weighted by atomic mass is 10.2. The maximum atomic E-state index is 11.5. The van der Waals surface area contributed by atoms with Crippen molar-refractivity contribution in [1.29, 1.82) is 0 Å². The molecule has 1 heterocycles. The minimum absolute atomic E-state index is 0.141. The van der Waals surface area contributed by atoms with Crippen LogP contribution in [0.15, 0.2) is 4.52 Å². The molecular weight excluding hydrogens is 264 g/mol. The van der Waals surface area contributed by atoms with Crippen LogP contribution in [0.2, 0.25) is 0 Å². The molecule has 0 saturated carbocycles. The summed E-state index contributed by atoms with van der Waals surface area (Å²) in [4.78, 5) is 26.8. The van der Waals surface area contributed by atoms with Gasteiger partial charge in [-0.05, 0) is 27.7 Å². The Labute approximate surface area is 117 Å². The average molecular weight is 284 g/mol. The Bertz CT molecular complexity index is 464. The predicted octanol–water partition coefficient (Wildman–Crippen LogP) is 0.561. The molecule has 2 amide bonds. The van der Waals surface area contributed by atoms with E-state index in [1.165, 1.54) is 0 Å². The first-order valence-corrected chi connectivity index (χ1v) is 6.29. The molecule has 1 rings (SSSR count). The minimum atomic E-state index is -0.625. The Kier molecular flexibility index (Phi) is 5.48. The van der Waals surface area contributed by atoms with Crippen molar-refractivity contribution in [3.63, 3.8) is 0 Å². The van der Waals surface area contributed by atoms with Gasteiger partial charge < -0.3 is 19.9 Å². The van der Waals surface area contributed by atoms with Gasteiger partial charge in [0, 0.05) is 13.0 Å². The Hall–Kier alpha value is -2.12. The highest BCUT2D eigenvalue weighted by molar-refractivity contribution is 5.82. The van der Waals surface area contributed by atoms with Crippen molar-refractivity contribution in [2.75, 3.05) is 13.1 Å². The van der Waals surface area contributed by atoms with Crippen molar-refractivity contribution in [2.24, 2.45) is 0 Å². The number of carbonyl (C=O) groups excluding carboxylic acids is 2. The fourth-order valence-electron chi connectivity index (χ4n) is 1.28. The molecule has 2 N–H and O–H groups in total. The molecule has 0 fully saturated rings. The summed E-state index contributed by atoms with van der Waals surface area (Å²) in [5.41, 5.74) is -0.587. The molecule has 0 unspecified atom stereocenters. The SMILES string of the molecule is Cc1noc(CCNC(=O)CNC(=O)OC(C)(C)C)n1. The number of aromatic nitrogens is 2.